The Bertz CT molecular complexity index is 625. The van der Waals surface area contributed by atoms with Crippen LogP contribution >= 0.6 is 11.3 Å². The molecule has 1 aromatic heterocycles. The summed E-state index contributed by atoms with van der Waals surface area (Å²) >= 11 is 1.34. The third-order valence-corrected chi connectivity index (χ3v) is 3.53. The summed E-state index contributed by atoms with van der Waals surface area (Å²) in [6, 6.07) is 5.91. The molecule has 0 aliphatic rings. The van der Waals surface area contributed by atoms with E-state index in [1.807, 2.05) is 39.0 Å². The Labute approximate surface area is 122 Å². The maximum absolute atomic E-state index is 12.0. The summed E-state index contributed by atoms with van der Waals surface area (Å²) in [4.78, 5) is 12.0. The monoisotopic (exact) mass is 291 g/mol. The van der Waals surface area contributed by atoms with E-state index in [-0.39, 0.29) is 5.91 Å². The van der Waals surface area contributed by atoms with E-state index in [0.717, 1.165) is 21.9 Å². The molecule has 1 N–H and O–H groups in total. The van der Waals surface area contributed by atoms with Crippen molar-refractivity contribution in [3.8, 4) is 5.75 Å². The average Bonchev–Trinajstić information content (AvgIpc) is 2.79. The van der Waals surface area contributed by atoms with Gasteiger partial charge in [-0.2, -0.15) is 0 Å². The van der Waals surface area contributed by atoms with Crippen molar-refractivity contribution in [2.45, 2.75) is 33.8 Å². The number of anilines is 1. The third-order valence-electron chi connectivity index (χ3n) is 2.77. The molecule has 2 rings (SSSR count). The number of carbonyl (C=O) groups excluding carboxylic acids is 1. The number of benzene rings is 1. The number of carbonyl (C=O) groups is 1. The normalized spacial score (nSPS) is 12.0. The Balaban J connectivity index is 2.02. The number of hydrogen-bond donors (Lipinski definition) is 1. The molecule has 0 bridgehead atoms. The van der Waals surface area contributed by atoms with Gasteiger partial charge in [-0.1, -0.05) is 23.5 Å². The van der Waals surface area contributed by atoms with Crippen LogP contribution in [0.5, 0.6) is 5.75 Å². The van der Waals surface area contributed by atoms with E-state index in [4.69, 9.17) is 4.74 Å². The number of amides is 1. The van der Waals surface area contributed by atoms with Gasteiger partial charge in [0.15, 0.2) is 6.10 Å². The summed E-state index contributed by atoms with van der Waals surface area (Å²) < 4.78 is 5.71. The Morgan fingerprint density at radius 3 is 2.70 bits per heavy atom. The van der Waals surface area contributed by atoms with Crippen molar-refractivity contribution in [2.24, 2.45) is 0 Å². The molecule has 0 radical (unpaired) electrons. The van der Waals surface area contributed by atoms with Crippen molar-refractivity contribution in [3.63, 3.8) is 0 Å². The SMILES string of the molecule is Cc1ccc(C)c(O[C@H](C)C(=O)Nc2nnc(C)s2)c1. The number of nitrogens with one attached hydrogen (secondary N) is 1. The van der Waals surface area contributed by atoms with Crippen LogP contribution in [0.25, 0.3) is 0 Å². The molecule has 6 heteroatoms. The molecular formula is C14H17N3O2S. The van der Waals surface area contributed by atoms with E-state index in [9.17, 15) is 4.79 Å². The summed E-state index contributed by atoms with van der Waals surface area (Å²) in [6.07, 6.45) is -0.597. The first-order valence-corrected chi connectivity index (χ1v) is 7.12. The number of nitrogens with zero attached hydrogens (tertiary/aromatic N) is 2. The first kappa shape index (κ1) is 14.5. The number of aryl methyl sites for hydroxylation is 3. The molecule has 106 valence electrons. The zero-order valence-electron chi connectivity index (χ0n) is 11.9. The fourth-order valence-corrected chi connectivity index (χ4v) is 2.23. The predicted octanol–water partition coefficient (Wildman–Crippen LogP) is 2.87. The van der Waals surface area contributed by atoms with Crippen LogP contribution < -0.4 is 10.1 Å². The molecule has 5 nitrogen and oxygen atoms in total. The van der Waals surface area contributed by atoms with Crippen molar-refractivity contribution in [1.29, 1.82) is 0 Å². The molecule has 1 atom stereocenters. The van der Waals surface area contributed by atoms with Crippen LogP contribution in [0, 0.1) is 20.8 Å². The van der Waals surface area contributed by atoms with Crippen molar-refractivity contribution in [3.05, 3.63) is 34.3 Å². The van der Waals surface area contributed by atoms with Gasteiger partial charge >= 0.3 is 0 Å². The summed E-state index contributed by atoms with van der Waals surface area (Å²) in [7, 11) is 0. The summed E-state index contributed by atoms with van der Waals surface area (Å²) in [6.45, 7) is 7.49. The Morgan fingerprint density at radius 1 is 1.30 bits per heavy atom. The first-order valence-electron chi connectivity index (χ1n) is 6.30. The molecule has 0 aliphatic heterocycles. The van der Waals surface area contributed by atoms with Crippen molar-refractivity contribution < 1.29 is 9.53 Å². The Kier molecular flexibility index (Phi) is 4.34. The van der Waals surface area contributed by atoms with E-state index in [1.54, 1.807) is 6.92 Å². The largest absolute Gasteiger partial charge is 0.481 e. The van der Waals surface area contributed by atoms with E-state index < -0.39 is 6.10 Å². The number of ether oxygens (including phenoxy) is 1. The molecule has 0 saturated carbocycles. The van der Waals surface area contributed by atoms with Crippen LogP contribution in [0.4, 0.5) is 5.13 Å². The number of aromatic nitrogens is 2. The zero-order valence-corrected chi connectivity index (χ0v) is 12.7. The Morgan fingerprint density at radius 2 is 2.05 bits per heavy atom. The Hall–Kier alpha value is -1.95. The highest BCUT2D eigenvalue weighted by atomic mass is 32.1. The smallest absolute Gasteiger partial charge is 0.266 e. The van der Waals surface area contributed by atoms with Gasteiger partial charge in [-0.25, -0.2) is 0 Å². The fourth-order valence-electron chi connectivity index (χ4n) is 1.63. The second-order valence-electron chi connectivity index (χ2n) is 4.64. The standard InChI is InChI=1S/C14H17N3O2S/c1-8-5-6-9(2)12(7-8)19-10(3)13(18)15-14-17-16-11(4)20-14/h5-7,10H,1-4H3,(H,15,17,18)/t10-/m1/s1. The minimum Gasteiger partial charge on any atom is -0.481 e. The highest BCUT2D eigenvalue weighted by molar-refractivity contribution is 7.15. The molecule has 0 unspecified atom stereocenters. The van der Waals surface area contributed by atoms with E-state index >= 15 is 0 Å². The van der Waals surface area contributed by atoms with Crippen LogP contribution in [-0.2, 0) is 4.79 Å². The molecule has 0 spiro atoms. The van der Waals surface area contributed by atoms with Crippen molar-refractivity contribution in [1.82, 2.24) is 10.2 Å². The van der Waals surface area contributed by atoms with Crippen molar-refractivity contribution >= 4 is 22.4 Å². The van der Waals surface area contributed by atoms with Gasteiger partial charge in [0.05, 0.1) is 0 Å². The molecule has 1 amide bonds. The van der Waals surface area contributed by atoms with E-state index in [1.165, 1.54) is 11.3 Å². The van der Waals surface area contributed by atoms with Gasteiger partial charge in [0, 0.05) is 0 Å². The number of rotatable bonds is 4. The molecule has 1 heterocycles. The minimum absolute atomic E-state index is 0.234. The lowest BCUT2D eigenvalue weighted by molar-refractivity contribution is -0.122. The maximum Gasteiger partial charge on any atom is 0.266 e. The molecule has 0 saturated heterocycles. The highest BCUT2D eigenvalue weighted by Gasteiger charge is 2.17. The summed E-state index contributed by atoms with van der Waals surface area (Å²) in [5, 5.41) is 11.7. The average molecular weight is 291 g/mol. The maximum atomic E-state index is 12.0. The molecular weight excluding hydrogens is 274 g/mol. The molecule has 1 aromatic carbocycles. The second-order valence-corrected chi connectivity index (χ2v) is 5.83. The van der Waals surface area contributed by atoms with Crippen LogP contribution in [0.15, 0.2) is 18.2 Å². The quantitative estimate of drug-likeness (QED) is 0.940. The lowest BCUT2D eigenvalue weighted by atomic mass is 10.1. The van der Waals surface area contributed by atoms with Gasteiger partial charge < -0.3 is 4.74 Å². The van der Waals surface area contributed by atoms with E-state index in [0.29, 0.717) is 5.13 Å². The lowest BCUT2D eigenvalue weighted by Gasteiger charge is -2.15. The summed E-state index contributed by atoms with van der Waals surface area (Å²) in [5.41, 5.74) is 2.10. The third kappa shape index (κ3) is 3.54. The highest BCUT2D eigenvalue weighted by Crippen LogP contribution is 2.21. The van der Waals surface area contributed by atoms with Gasteiger partial charge in [-0.3, -0.25) is 10.1 Å². The molecule has 2 aromatic rings. The van der Waals surface area contributed by atoms with Crippen molar-refractivity contribution in [2.75, 3.05) is 5.32 Å². The molecule has 20 heavy (non-hydrogen) atoms. The minimum atomic E-state index is -0.597. The zero-order chi connectivity index (χ0) is 14.7. The summed E-state index contributed by atoms with van der Waals surface area (Å²) in [5.74, 6) is 0.489. The van der Waals surface area contributed by atoms with E-state index in [2.05, 4.69) is 15.5 Å². The first-order chi connectivity index (χ1) is 9.45. The molecule has 0 aliphatic carbocycles. The van der Waals surface area contributed by atoms with Gasteiger partial charge in [0.1, 0.15) is 10.8 Å². The van der Waals surface area contributed by atoms with Crippen LogP contribution in [0.2, 0.25) is 0 Å². The number of hydrogen-bond acceptors (Lipinski definition) is 5. The lowest BCUT2D eigenvalue weighted by Crippen LogP contribution is -2.30. The van der Waals surface area contributed by atoms with Crippen LogP contribution in [0.3, 0.4) is 0 Å². The predicted molar refractivity (Wildman–Crippen MR) is 79.3 cm³/mol. The second kappa shape index (κ2) is 6.00. The van der Waals surface area contributed by atoms with Gasteiger partial charge in [0.25, 0.3) is 5.91 Å². The van der Waals surface area contributed by atoms with Crippen LogP contribution in [0.1, 0.15) is 23.1 Å². The van der Waals surface area contributed by atoms with Gasteiger partial charge in [-0.05, 0) is 44.9 Å². The van der Waals surface area contributed by atoms with Gasteiger partial charge in [0.2, 0.25) is 5.13 Å². The topological polar surface area (TPSA) is 64.1 Å². The molecule has 0 fully saturated rings. The van der Waals surface area contributed by atoms with Gasteiger partial charge in [-0.15, -0.1) is 10.2 Å². The fraction of sp³-hybridized carbons (Fsp3) is 0.357. The van der Waals surface area contributed by atoms with Crippen LogP contribution in [-0.4, -0.2) is 22.2 Å².